The van der Waals surface area contributed by atoms with Crippen LogP contribution in [0.5, 0.6) is 0 Å². The minimum Gasteiger partial charge on any atom is -0.367 e. The highest BCUT2D eigenvalue weighted by atomic mass is 35.5. The molecule has 5 heteroatoms. The monoisotopic (exact) mass is 221 g/mol. The smallest absolute Gasteiger partial charge is 0.367 e. The zero-order chi connectivity index (χ0) is 10.3. The fourth-order valence-corrected chi connectivity index (χ4v) is 1.47. The van der Waals surface area contributed by atoms with E-state index in [0.717, 1.165) is 6.07 Å². The molecule has 0 N–H and O–H groups in total. The Morgan fingerprint density at radius 3 is 2.36 bits per heavy atom. The minimum atomic E-state index is -4.33. The molecule has 1 aliphatic rings. The van der Waals surface area contributed by atoms with Crippen molar-refractivity contribution in [2.45, 2.75) is 6.18 Å². The molecule has 0 spiro atoms. The molecule has 76 valence electrons. The van der Waals surface area contributed by atoms with Crippen molar-refractivity contribution >= 4 is 17.3 Å². The van der Waals surface area contributed by atoms with Gasteiger partial charge in [0.2, 0.25) is 0 Å². The topological polar surface area (TPSA) is 3.01 Å². The molecule has 0 amide bonds. The van der Waals surface area contributed by atoms with Gasteiger partial charge in [0.05, 0.1) is 5.56 Å². The van der Waals surface area contributed by atoms with E-state index in [-0.39, 0.29) is 10.7 Å². The molecule has 1 aromatic rings. The van der Waals surface area contributed by atoms with E-state index >= 15 is 0 Å². The van der Waals surface area contributed by atoms with E-state index in [2.05, 4.69) is 0 Å². The summed E-state index contributed by atoms with van der Waals surface area (Å²) in [4.78, 5) is 1.65. The number of benzene rings is 1. The summed E-state index contributed by atoms with van der Waals surface area (Å²) in [6.45, 7) is 1.37. The van der Waals surface area contributed by atoms with Crippen molar-refractivity contribution in [1.82, 2.24) is 0 Å². The number of nitrogens with zero attached hydrogens (tertiary/aromatic N) is 1. The van der Waals surface area contributed by atoms with Crippen LogP contribution in [0.15, 0.2) is 18.2 Å². The van der Waals surface area contributed by atoms with Crippen LogP contribution in [0.4, 0.5) is 18.9 Å². The molecular formula is C9H7ClF3N. The largest absolute Gasteiger partial charge is 0.418 e. The lowest BCUT2D eigenvalue weighted by Crippen LogP contribution is -2.09. The quantitative estimate of drug-likeness (QED) is 0.659. The van der Waals surface area contributed by atoms with Gasteiger partial charge in [-0.3, -0.25) is 0 Å². The molecule has 0 radical (unpaired) electrons. The lowest BCUT2D eigenvalue weighted by molar-refractivity contribution is -0.137. The van der Waals surface area contributed by atoms with E-state index in [9.17, 15) is 13.2 Å². The molecule has 0 unspecified atom stereocenters. The van der Waals surface area contributed by atoms with E-state index in [4.69, 9.17) is 11.6 Å². The molecular weight excluding hydrogens is 215 g/mol. The summed E-state index contributed by atoms with van der Waals surface area (Å²) < 4.78 is 37.6. The van der Waals surface area contributed by atoms with E-state index < -0.39 is 11.7 Å². The van der Waals surface area contributed by atoms with Crippen LogP contribution in [-0.4, -0.2) is 13.1 Å². The van der Waals surface area contributed by atoms with Gasteiger partial charge in [0.15, 0.2) is 0 Å². The van der Waals surface area contributed by atoms with E-state index in [0.29, 0.717) is 13.1 Å². The van der Waals surface area contributed by atoms with Crippen molar-refractivity contribution in [1.29, 1.82) is 0 Å². The maximum atomic E-state index is 12.5. The van der Waals surface area contributed by atoms with E-state index in [1.165, 1.54) is 12.1 Å². The Kier molecular flexibility index (Phi) is 2.10. The molecule has 0 atom stereocenters. The second-order valence-electron chi connectivity index (χ2n) is 3.15. The number of hydrogen-bond donors (Lipinski definition) is 0. The molecule has 0 saturated carbocycles. The van der Waals surface area contributed by atoms with Crippen molar-refractivity contribution in [2.24, 2.45) is 0 Å². The maximum absolute atomic E-state index is 12.5. The second-order valence-corrected chi connectivity index (χ2v) is 3.58. The van der Waals surface area contributed by atoms with Crippen LogP contribution >= 0.6 is 11.6 Å². The predicted octanol–water partition coefficient (Wildman–Crippen LogP) is 3.18. The first-order valence-corrected chi connectivity index (χ1v) is 4.48. The fourth-order valence-electron chi connectivity index (χ4n) is 1.30. The number of anilines is 1. The molecule has 1 heterocycles. The summed E-state index contributed by atoms with van der Waals surface area (Å²) in [5.74, 6) is 0. The van der Waals surface area contributed by atoms with Gasteiger partial charge in [-0.2, -0.15) is 13.2 Å². The SMILES string of the molecule is FC(F)(F)c1cc(Cl)ccc1N1CC1. The van der Waals surface area contributed by atoms with E-state index in [1.54, 1.807) is 4.90 Å². The maximum Gasteiger partial charge on any atom is 0.418 e. The third kappa shape index (κ3) is 1.80. The first-order valence-electron chi connectivity index (χ1n) is 4.10. The van der Waals surface area contributed by atoms with Crippen LogP contribution in [0.3, 0.4) is 0 Å². The van der Waals surface area contributed by atoms with Crippen molar-refractivity contribution in [3.63, 3.8) is 0 Å². The molecule has 0 aliphatic carbocycles. The number of rotatable bonds is 1. The van der Waals surface area contributed by atoms with Gasteiger partial charge in [0.1, 0.15) is 0 Å². The second kappa shape index (κ2) is 3.05. The van der Waals surface area contributed by atoms with Crippen molar-refractivity contribution in [2.75, 3.05) is 18.0 Å². The lowest BCUT2D eigenvalue weighted by Gasteiger charge is -2.13. The van der Waals surface area contributed by atoms with Crippen LogP contribution < -0.4 is 4.90 Å². The lowest BCUT2D eigenvalue weighted by atomic mass is 10.1. The third-order valence-electron chi connectivity index (χ3n) is 2.05. The Hall–Kier alpha value is -0.900. The van der Waals surface area contributed by atoms with Crippen molar-refractivity contribution in [3.8, 4) is 0 Å². The van der Waals surface area contributed by atoms with Gasteiger partial charge in [0, 0.05) is 23.8 Å². The molecule has 1 aromatic carbocycles. The first kappa shape index (κ1) is 9.65. The van der Waals surface area contributed by atoms with Crippen molar-refractivity contribution in [3.05, 3.63) is 28.8 Å². The summed E-state index contributed by atoms with van der Waals surface area (Å²) in [5, 5.41) is 0.114. The van der Waals surface area contributed by atoms with Crippen LogP contribution in [0, 0.1) is 0 Å². The average molecular weight is 222 g/mol. The van der Waals surface area contributed by atoms with Gasteiger partial charge in [-0.05, 0) is 18.2 Å². The predicted molar refractivity (Wildman–Crippen MR) is 48.7 cm³/mol. The Bertz CT molecular complexity index is 358. The van der Waals surface area contributed by atoms with Gasteiger partial charge in [-0.1, -0.05) is 11.6 Å². The van der Waals surface area contributed by atoms with Gasteiger partial charge in [-0.25, -0.2) is 0 Å². The van der Waals surface area contributed by atoms with Crippen molar-refractivity contribution < 1.29 is 13.2 Å². The highest BCUT2D eigenvalue weighted by Gasteiger charge is 2.36. The zero-order valence-electron chi connectivity index (χ0n) is 7.11. The van der Waals surface area contributed by atoms with Gasteiger partial charge < -0.3 is 4.90 Å². The Balaban J connectivity index is 2.48. The Labute approximate surface area is 84.1 Å². The average Bonchev–Trinajstić information content (AvgIpc) is 2.85. The molecule has 1 saturated heterocycles. The molecule has 1 aliphatic heterocycles. The van der Waals surface area contributed by atoms with Crippen LogP contribution in [-0.2, 0) is 6.18 Å². The number of halogens is 4. The zero-order valence-corrected chi connectivity index (χ0v) is 7.86. The molecule has 2 rings (SSSR count). The number of hydrogen-bond acceptors (Lipinski definition) is 1. The molecule has 0 bridgehead atoms. The summed E-state index contributed by atoms with van der Waals surface area (Å²) >= 11 is 5.53. The summed E-state index contributed by atoms with van der Waals surface area (Å²) in [6, 6.07) is 3.86. The van der Waals surface area contributed by atoms with Gasteiger partial charge in [-0.15, -0.1) is 0 Å². The highest BCUT2D eigenvalue weighted by molar-refractivity contribution is 6.30. The summed E-state index contributed by atoms with van der Waals surface area (Å²) in [6.07, 6.45) is -4.33. The highest BCUT2D eigenvalue weighted by Crippen LogP contribution is 2.39. The van der Waals surface area contributed by atoms with Crippen LogP contribution in [0.25, 0.3) is 0 Å². The minimum absolute atomic E-state index is 0.114. The Morgan fingerprint density at radius 2 is 1.86 bits per heavy atom. The third-order valence-corrected chi connectivity index (χ3v) is 2.29. The van der Waals surface area contributed by atoms with E-state index in [1.807, 2.05) is 0 Å². The van der Waals surface area contributed by atoms with Crippen LogP contribution in [0.1, 0.15) is 5.56 Å². The standard InChI is InChI=1S/C9H7ClF3N/c10-6-1-2-8(14-3-4-14)7(5-6)9(11,12)13/h1-2,5H,3-4H2. The molecule has 1 fully saturated rings. The Morgan fingerprint density at radius 1 is 1.21 bits per heavy atom. The fraction of sp³-hybridized carbons (Fsp3) is 0.333. The normalized spacial score (nSPS) is 15.9. The molecule has 14 heavy (non-hydrogen) atoms. The van der Waals surface area contributed by atoms with Gasteiger partial charge in [0.25, 0.3) is 0 Å². The molecule has 1 nitrogen and oxygen atoms in total. The summed E-state index contributed by atoms with van der Waals surface area (Å²) in [5.41, 5.74) is -0.426. The summed E-state index contributed by atoms with van der Waals surface area (Å²) in [7, 11) is 0. The van der Waals surface area contributed by atoms with Gasteiger partial charge >= 0.3 is 6.18 Å². The molecule has 0 aromatic heterocycles. The van der Waals surface area contributed by atoms with Crippen LogP contribution in [0.2, 0.25) is 5.02 Å². The first-order chi connectivity index (χ1) is 6.48. The number of alkyl halides is 3.